The number of nitrogens with zero attached hydrogens (tertiary/aromatic N) is 3. The average Bonchev–Trinajstić information content (AvgIpc) is 2.78. The van der Waals surface area contributed by atoms with Gasteiger partial charge in [0, 0.05) is 24.5 Å². The third-order valence-corrected chi connectivity index (χ3v) is 3.03. The van der Waals surface area contributed by atoms with E-state index < -0.39 is 0 Å². The van der Waals surface area contributed by atoms with Crippen molar-refractivity contribution in [3.63, 3.8) is 0 Å². The molecule has 19 heavy (non-hydrogen) atoms. The Labute approximate surface area is 113 Å². The highest BCUT2D eigenvalue weighted by Crippen LogP contribution is 2.04. The van der Waals surface area contributed by atoms with Crippen molar-refractivity contribution in [2.45, 2.75) is 39.8 Å². The minimum absolute atomic E-state index is 0.0163. The van der Waals surface area contributed by atoms with E-state index in [0.717, 1.165) is 6.54 Å². The molecule has 0 saturated carbocycles. The Morgan fingerprint density at radius 2 is 2.11 bits per heavy atom. The number of hydrogen-bond acceptors (Lipinski definition) is 3. The molecule has 0 radical (unpaired) electrons. The van der Waals surface area contributed by atoms with Crippen LogP contribution in [0, 0.1) is 5.92 Å². The Morgan fingerprint density at radius 1 is 1.37 bits per heavy atom. The van der Waals surface area contributed by atoms with Crippen LogP contribution < -0.4 is 10.9 Å². The summed E-state index contributed by atoms with van der Waals surface area (Å²) in [4.78, 5) is 12.2. The molecule has 0 bridgehead atoms. The molecule has 0 fully saturated rings. The summed E-state index contributed by atoms with van der Waals surface area (Å²) in [6, 6.07) is 1.75. The van der Waals surface area contributed by atoms with Crippen LogP contribution in [0.4, 0.5) is 0 Å². The maximum Gasteiger partial charge on any atom is 0.276 e. The molecule has 1 N–H and O–H groups in total. The second-order valence-corrected chi connectivity index (χ2v) is 6.15. The molecule has 2 aromatic heterocycles. The van der Waals surface area contributed by atoms with E-state index in [1.54, 1.807) is 27.5 Å². The van der Waals surface area contributed by atoms with Gasteiger partial charge in [-0.05, 0) is 39.3 Å². The van der Waals surface area contributed by atoms with E-state index in [-0.39, 0.29) is 11.1 Å². The molecule has 2 heterocycles. The quantitative estimate of drug-likeness (QED) is 0.909. The lowest BCUT2D eigenvalue weighted by Crippen LogP contribution is -2.40. The zero-order valence-electron chi connectivity index (χ0n) is 12.1. The Morgan fingerprint density at radius 3 is 2.79 bits per heavy atom. The molecule has 2 aromatic rings. The van der Waals surface area contributed by atoms with E-state index in [4.69, 9.17) is 0 Å². The lowest BCUT2D eigenvalue weighted by Gasteiger charge is -2.23. The van der Waals surface area contributed by atoms with Gasteiger partial charge in [-0.15, -0.1) is 0 Å². The highest BCUT2D eigenvalue weighted by Gasteiger charge is 2.12. The van der Waals surface area contributed by atoms with Crippen LogP contribution in [0.3, 0.4) is 0 Å². The maximum absolute atomic E-state index is 12.2. The molecule has 2 rings (SSSR count). The van der Waals surface area contributed by atoms with E-state index >= 15 is 0 Å². The summed E-state index contributed by atoms with van der Waals surface area (Å²) in [7, 11) is 0. The Kier molecular flexibility index (Phi) is 3.75. The first kappa shape index (κ1) is 13.8. The average molecular weight is 262 g/mol. The fourth-order valence-corrected chi connectivity index (χ4v) is 1.99. The molecule has 5 heteroatoms. The zero-order chi connectivity index (χ0) is 14.0. The summed E-state index contributed by atoms with van der Waals surface area (Å²) in [6.07, 6.45) is 5.27. The smallest absolute Gasteiger partial charge is 0.276 e. The molecule has 0 aromatic carbocycles. The summed E-state index contributed by atoms with van der Waals surface area (Å²) < 4.78 is 3.36. The molecule has 5 nitrogen and oxygen atoms in total. The first-order valence-electron chi connectivity index (χ1n) is 6.64. The van der Waals surface area contributed by atoms with E-state index in [1.165, 1.54) is 0 Å². The summed E-state index contributed by atoms with van der Waals surface area (Å²) in [6.45, 7) is 10.2. The third kappa shape index (κ3) is 3.44. The number of rotatable bonds is 4. The van der Waals surface area contributed by atoms with Crippen molar-refractivity contribution in [3.05, 3.63) is 35.0 Å². The molecule has 104 valence electrons. The number of aromatic nitrogens is 3. The monoisotopic (exact) mass is 262 g/mol. The van der Waals surface area contributed by atoms with Gasteiger partial charge in [0.25, 0.3) is 5.56 Å². The van der Waals surface area contributed by atoms with Crippen molar-refractivity contribution in [1.82, 2.24) is 19.5 Å². The summed E-state index contributed by atoms with van der Waals surface area (Å²) in [5, 5.41) is 7.52. The van der Waals surface area contributed by atoms with Gasteiger partial charge < -0.3 is 9.88 Å². The number of fused-ring (bicyclic) bond motifs is 1. The minimum atomic E-state index is 0.0163. The van der Waals surface area contributed by atoms with E-state index in [2.05, 4.69) is 38.1 Å². The second kappa shape index (κ2) is 5.17. The molecule has 0 aliphatic heterocycles. The summed E-state index contributed by atoms with van der Waals surface area (Å²) >= 11 is 0. The van der Waals surface area contributed by atoms with Gasteiger partial charge in [-0.25, -0.2) is 4.52 Å². The second-order valence-electron chi connectivity index (χ2n) is 6.15. The van der Waals surface area contributed by atoms with Crippen molar-refractivity contribution in [2.75, 3.05) is 6.54 Å². The van der Waals surface area contributed by atoms with Gasteiger partial charge in [0.05, 0.1) is 6.20 Å². The van der Waals surface area contributed by atoms with E-state index in [9.17, 15) is 4.79 Å². The summed E-state index contributed by atoms with van der Waals surface area (Å²) in [5.74, 6) is 0.391. The Bertz CT molecular complexity index is 606. The maximum atomic E-state index is 12.2. The summed E-state index contributed by atoms with van der Waals surface area (Å²) in [5.41, 5.74) is 0.746. The molecule has 0 spiro atoms. The topological polar surface area (TPSA) is 51.3 Å². The van der Waals surface area contributed by atoms with Crippen LogP contribution in [0.2, 0.25) is 0 Å². The van der Waals surface area contributed by atoms with Crippen molar-refractivity contribution >= 4 is 5.52 Å². The van der Waals surface area contributed by atoms with Gasteiger partial charge >= 0.3 is 0 Å². The molecular formula is C14H22N4O. The van der Waals surface area contributed by atoms with Crippen LogP contribution in [-0.2, 0) is 6.54 Å². The fourth-order valence-electron chi connectivity index (χ4n) is 1.99. The SMILES string of the molecule is CC(CNC(C)(C)C)Cn1ccn2nccc2c1=O. The van der Waals surface area contributed by atoms with Crippen molar-refractivity contribution < 1.29 is 0 Å². The Balaban J connectivity index is 2.09. The fraction of sp³-hybridized carbons (Fsp3) is 0.571. The van der Waals surface area contributed by atoms with Crippen molar-refractivity contribution in [3.8, 4) is 0 Å². The molecule has 0 saturated heterocycles. The predicted molar refractivity (Wildman–Crippen MR) is 76.4 cm³/mol. The number of nitrogens with one attached hydrogen (secondary N) is 1. The highest BCUT2D eigenvalue weighted by molar-refractivity contribution is 5.42. The third-order valence-electron chi connectivity index (χ3n) is 3.03. The molecule has 0 aliphatic carbocycles. The first-order valence-corrected chi connectivity index (χ1v) is 6.64. The lowest BCUT2D eigenvalue weighted by atomic mass is 10.1. The van der Waals surface area contributed by atoms with Crippen molar-refractivity contribution in [2.24, 2.45) is 5.92 Å². The minimum Gasteiger partial charge on any atom is -0.312 e. The van der Waals surface area contributed by atoms with Gasteiger partial charge in [-0.2, -0.15) is 5.10 Å². The van der Waals surface area contributed by atoms with Gasteiger partial charge in [0.15, 0.2) is 0 Å². The van der Waals surface area contributed by atoms with Gasteiger partial charge in [-0.3, -0.25) is 4.79 Å². The van der Waals surface area contributed by atoms with Gasteiger partial charge in [-0.1, -0.05) is 6.92 Å². The van der Waals surface area contributed by atoms with Crippen LogP contribution in [0.25, 0.3) is 5.52 Å². The molecule has 0 amide bonds. The first-order chi connectivity index (χ1) is 8.87. The Hall–Kier alpha value is -1.62. The normalized spacial score (nSPS) is 13.9. The lowest BCUT2D eigenvalue weighted by molar-refractivity contribution is 0.358. The van der Waals surface area contributed by atoms with Crippen LogP contribution in [-0.4, -0.2) is 26.3 Å². The largest absolute Gasteiger partial charge is 0.312 e. The van der Waals surface area contributed by atoms with Crippen LogP contribution in [0.1, 0.15) is 27.7 Å². The molecule has 1 atom stereocenters. The van der Waals surface area contributed by atoms with Crippen LogP contribution >= 0.6 is 0 Å². The highest BCUT2D eigenvalue weighted by atomic mass is 16.1. The van der Waals surface area contributed by atoms with E-state index in [0.29, 0.717) is 18.0 Å². The molecule has 1 unspecified atom stereocenters. The molecule has 0 aliphatic rings. The zero-order valence-corrected chi connectivity index (χ0v) is 12.1. The van der Waals surface area contributed by atoms with Gasteiger partial charge in [0.1, 0.15) is 5.52 Å². The predicted octanol–water partition coefficient (Wildman–Crippen LogP) is 1.52. The number of hydrogen-bond donors (Lipinski definition) is 1. The van der Waals surface area contributed by atoms with Gasteiger partial charge in [0.2, 0.25) is 0 Å². The van der Waals surface area contributed by atoms with Crippen LogP contribution in [0.15, 0.2) is 29.5 Å². The molecular weight excluding hydrogens is 240 g/mol. The van der Waals surface area contributed by atoms with E-state index in [1.807, 2.05) is 6.20 Å². The van der Waals surface area contributed by atoms with Crippen molar-refractivity contribution in [1.29, 1.82) is 0 Å². The standard InChI is InChI=1S/C14H22N4O/c1-11(9-15-14(2,3)4)10-17-7-8-18-12(13(17)19)5-6-16-18/h5-8,11,15H,9-10H2,1-4H3. The van der Waals surface area contributed by atoms with Crippen LogP contribution in [0.5, 0.6) is 0 Å².